The highest BCUT2D eigenvalue weighted by atomic mass is 35.5. The van der Waals surface area contributed by atoms with Gasteiger partial charge in [0.15, 0.2) is 0 Å². The molecule has 1 aromatic rings. The molecule has 94 valence electrons. The van der Waals surface area contributed by atoms with Crippen LogP contribution in [0.1, 0.15) is 38.2 Å². The Morgan fingerprint density at radius 3 is 2.53 bits per heavy atom. The van der Waals surface area contributed by atoms with Gasteiger partial charge in [0.25, 0.3) is 0 Å². The smallest absolute Gasteiger partial charge is 0.126 e. The van der Waals surface area contributed by atoms with E-state index in [-0.39, 0.29) is 11.2 Å². The maximum absolute atomic E-state index is 13.5. The van der Waals surface area contributed by atoms with E-state index in [1.54, 1.807) is 6.07 Å². The average Bonchev–Trinajstić information content (AvgIpc) is 2.33. The lowest BCUT2D eigenvalue weighted by atomic mass is 9.80. The molecular formula is C15H20ClF. The molecule has 17 heavy (non-hydrogen) atoms. The summed E-state index contributed by atoms with van der Waals surface area (Å²) in [6, 6.07) is 6.97. The Hall–Kier alpha value is -0.560. The molecular weight excluding hydrogens is 235 g/mol. The first-order valence-corrected chi connectivity index (χ1v) is 6.98. The van der Waals surface area contributed by atoms with Crippen LogP contribution in [0.4, 0.5) is 4.39 Å². The molecule has 0 nitrogen and oxygen atoms in total. The molecule has 2 heteroatoms. The van der Waals surface area contributed by atoms with Gasteiger partial charge in [0, 0.05) is 5.38 Å². The van der Waals surface area contributed by atoms with E-state index in [1.807, 2.05) is 12.1 Å². The summed E-state index contributed by atoms with van der Waals surface area (Å²) in [6.07, 6.45) is 5.59. The van der Waals surface area contributed by atoms with E-state index < -0.39 is 0 Å². The molecule has 0 saturated heterocycles. The van der Waals surface area contributed by atoms with Crippen molar-refractivity contribution in [1.82, 2.24) is 0 Å². The monoisotopic (exact) mass is 254 g/mol. The summed E-state index contributed by atoms with van der Waals surface area (Å²) in [4.78, 5) is 0. The standard InChI is InChI=1S/C15H20ClF/c1-11-6-8-12(9-7-11)14(16)10-13-4-2-3-5-15(13)17/h2-5,11-12,14H,6-10H2,1H3. The molecule has 0 aromatic heterocycles. The van der Waals surface area contributed by atoms with Crippen molar-refractivity contribution in [2.75, 3.05) is 0 Å². The Balaban J connectivity index is 1.93. The third-order valence-electron chi connectivity index (χ3n) is 3.94. The second-order valence-corrected chi connectivity index (χ2v) is 5.89. The summed E-state index contributed by atoms with van der Waals surface area (Å²) in [6.45, 7) is 2.30. The van der Waals surface area contributed by atoms with Gasteiger partial charge in [0.05, 0.1) is 0 Å². The predicted octanol–water partition coefficient (Wildman–Crippen LogP) is 4.80. The lowest BCUT2D eigenvalue weighted by Gasteiger charge is -2.29. The van der Waals surface area contributed by atoms with Gasteiger partial charge in [0.2, 0.25) is 0 Å². The van der Waals surface area contributed by atoms with Crippen molar-refractivity contribution >= 4 is 11.6 Å². The van der Waals surface area contributed by atoms with Crippen molar-refractivity contribution in [3.05, 3.63) is 35.6 Å². The largest absolute Gasteiger partial charge is 0.207 e. The van der Waals surface area contributed by atoms with Gasteiger partial charge >= 0.3 is 0 Å². The SMILES string of the molecule is CC1CCC(C(Cl)Cc2ccccc2F)CC1. The summed E-state index contributed by atoms with van der Waals surface area (Å²) >= 11 is 6.45. The minimum Gasteiger partial charge on any atom is -0.207 e. The Morgan fingerprint density at radius 2 is 1.88 bits per heavy atom. The average molecular weight is 255 g/mol. The van der Waals surface area contributed by atoms with E-state index in [0.717, 1.165) is 11.5 Å². The molecule has 2 rings (SSSR count). The number of halogens is 2. The third-order valence-corrected chi connectivity index (χ3v) is 4.46. The Bertz CT molecular complexity index is 356. The number of rotatable bonds is 3. The van der Waals surface area contributed by atoms with E-state index in [9.17, 15) is 4.39 Å². The van der Waals surface area contributed by atoms with Gasteiger partial charge in [-0.1, -0.05) is 38.0 Å². The van der Waals surface area contributed by atoms with Gasteiger partial charge in [-0.05, 0) is 42.7 Å². The zero-order valence-corrected chi connectivity index (χ0v) is 11.1. The van der Waals surface area contributed by atoms with E-state index in [0.29, 0.717) is 12.3 Å². The van der Waals surface area contributed by atoms with Crippen LogP contribution in [-0.4, -0.2) is 5.38 Å². The van der Waals surface area contributed by atoms with E-state index in [2.05, 4.69) is 6.92 Å². The van der Waals surface area contributed by atoms with Gasteiger partial charge in [-0.3, -0.25) is 0 Å². The molecule has 1 aliphatic rings. The zero-order valence-electron chi connectivity index (χ0n) is 10.3. The molecule has 1 aliphatic carbocycles. The fraction of sp³-hybridized carbons (Fsp3) is 0.600. The van der Waals surface area contributed by atoms with Crippen molar-refractivity contribution in [3.63, 3.8) is 0 Å². The number of alkyl halides is 1. The van der Waals surface area contributed by atoms with Gasteiger partial charge in [0.1, 0.15) is 5.82 Å². The van der Waals surface area contributed by atoms with Crippen LogP contribution >= 0.6 is 11.6 Å². The van der Waals surface area contributed by atoms with Crippen molar-refractivity contribution in [2.24, 2.45) is 11.8 Å². The summed E-state index contributed by atoms with van der Waals surface area (Å²) in [5.41, 5.74) is 0.756. The van der Waals surface area contributed by atoms with Crippen LogP contribution in [0.3, 0.4) is 0 Å². The molecule has 1 fully saturated rings. The Labute approximate surface area is 108 Å². The number of benzene rings is 1. The maximum Gasteiger partial charge on any atom is 0.126 e. The highest BCUT2D eigenvalue weighted by Crippen LogP contribution is 2.34. The Morgan fingerprint density at radius 1 is 1.24 bits per heavy atom. The van der Waals surface area contributed by atoms with Crippen LogP contribution in [0.5, 0.6) is 0 Å². The highest BCUT2D eigenvalue weighted by molar-refractivity contribution is 6.20. The van der Waals surface area contributed by atoms with Gasteiger partial charge < -0.3 is 0 Å². The second-order valence-electron chi connectivity index (χ2n) is 5.33. The quantitative estimate of drug-likeness (QED) is 0.680. The van der Waals surface area contributed by atoms with Crippen molar-refractivity contribution < 1.29 is 4.39 Å². The molecule has 0 aliphatic heterocycles. The third kappa shape index (κ3) is 3.45. The molecule has 1 unspecified atom stereocenters. The van der Waals surface area contributed by atoms with Gasteiger partial charge in [-0.15, -0.1) is 11.6 Å². The van der Waals surface area contributed by atoms with Crippen LogP contribution in [0.25, 0.3) is 0 Å². The fourth-order valence-electron chi connectivity index (χ4n) is 2.69. The molecule has 1 aromatic carbocycles. The molecule has 0 spiro atoms. The number of hydrogen-bond donors (Lipinski definition) is 0. The summed E-state index contributed by atoms with van der Waals surface area (Å²) in [5.74, 6) is 1.28. The maximum atomic E-state index is 13.5. The van der Waals surface area contributed by atoms with E-state index >= 15 is 0 Å². The Kier molecular flexibility index (Phi) is 4.44. The van der Waals surface area contributed by atoms with Crippen LogP contribution in [0.2, 0.25) is 0 Å². The van der Waals surface area contributed by atoms with Crippen LogP contribution in [0.15, 0.2) is 24.3 Å². The highest BCUT2D eigenvalue weighted by Gasteiger charge is 2.25. The van der Waals surface area contributed by atoms with Gasteiger partial charge in [-0.25, -0.2) is 4.39 Å². The predicted molar refractivity (Wildman–Crippen MR) is 70.9 cm³/mol. The summed E-state index contributed by atoms with van der Waals surface area (Å²) < 4.78 is 13.5. The topological polar surface area (TPSA) is 0 Å². The summed E-state index contributed by atoms with van der Waals surface area (Å²) in [5, 5.41) is 0.0828. The summed E-state index contributed by atoms with van der Waals surface area (Å²) in [7, 11) is 0. The normalized spacial score (nSPS) is 26.8. The zero-order chi connectivity index (χ0) is 12.3. The lowest BCUT2D eigenvalue weighted by Crippen LogP contribution is -2.23. The molecule has 0 heterocycles. The van der Waals surface area contributed by atoms with E-state index in [1.165, 1.54) is 31.7 Å². The van der Waals surface area contributed by atoms with Crippen LogP contribution in [0, 0.1) is 17.7 Å². The second kappa shape index (κ2) is 5.86. The van der Waals surface area contributed by atoms with Crippen LogP contribution in [-0.2, 0) is 6.42 Å². The van der Waals surface area contributed by atoms with E-state index in [4.69, 9.17) is 11.6 Å². The van der Waals surface area contributed by atoms with Crippen molar-refractivity contribution in [3.8, 4) is 0 Å². The fourth-order valence-corrected chi connectivity index (χ4v) is 3.11. The molecule has 0 N–H and O–H groups in total. The first-order valence-electron chi connectivity index (χ1n) is 6.54. The first-order chi connectivity index (χ1) is 8.16. The molecule has 0 amide bonds. The molecule has 1 atom stereocenters. The minimum atomic E-state index is -0.123. The first kappa shape index (κ1) is 12.9. The van der Waals surface area contributed by atoms with Gasteiger partial charge in [-0.2, -0.15) is 0 Å². The minimum absolute atomic E-state index is 0.0828. The van der Waals surface area contributed by atoms with Crippen molar-refractivity contribution in [2.45, 2.75) is 44.4 Å². The van der Waals surface area contributed by atoms with Crippen LogP contribution < -0.4 is 0 Å². The molecule has 0 radical (unpaired) electrons. The number of hydrogen-bond acceptors (Lipinski definition) is 0. The molecule has 1 saturated carbocycles. The lowest BCUT2D eigenvalue weighted by molar-refractivity contribution is 0.280. The molecule has 0 bridgehead atoms. The van der Waals surface area contributed by atoms with Crippen molar-refractivity contribution in [1.29, 1.82) is 0 Å².